The van der Waals surface area contributed by atoms with Gasteiger partial charge in [-0.1, -0.05) is 12.1 Å². The van der Waals surface area contributed by atoms with Crippen molar-refractivity contribution < 1.29 is 9.53 Å². The van der Waals surface area contributed by atoms with Gasteiger partial charge in [0.1, 0.15) is 17.2 Å². The van der Waals surface area contributed by atoms with Crippen molar-refractivity contribution in [2.24, 2.45) is 7.05 Å². The number of carbonyl (C=O) groups is 1. The Morgan fingerprint density at radius 3 is 2.60 bits per heavy atom. The second-order valence-electron chi connectivity index (χ2n) is 6.84. The lowest BCUT2D eigenvalue weighted by atomic mass is 10.1. The fourth-order valence-corrected chi connectivity index (χ4v) is 2.54. The van der Waals surface area contributed by atoms with Crippen LogP contribution in [0.2, 0.25) is 0 Å². The molecule has 0 aliphatic heterocycles. The number of amides is 1. The van der Waals surface area contributed by atoms with Crippen molar-refractivity contribution in [3.05, 3.63) is 36.5 Å². The third-order valence-electron chi connectivity index (χ3n) is 3.55. The van der Waals surface area contributed by atoms with Gasteiger partial charge in [-0.15, -0.1) is 0 Å². The van der Waals surface area contributed by atoms with Crippen molar-refractivity contribution in [1.29, 1.82) is 0 Å². The first kappa shape index (κ1) is 16.8. The molecule has 3 aromatic rings. The molecule has 0 aliphatic rings. The summed E-state index contributed by atoms with van der Waals surface area (Å²) in [6, 6.07) is 9.59. The van der Waals surface area contributed by atoms with Crippen LogP contribution in [-0.2, 0) is 11.8 Å². The van der Waals surface area contributed by atoms with Crippen LogP contribution in [0, 0.1) is 0 Å². The molecule has 2 aromatic heterocycles. The average Bonchev–Trinajstić information content (AvgIpc) is 2.83. The number of hydrogen-bond donors (Lipinski definition) is 2. The molecule has 1 amide bonds. The SMILES string of the molecule is Cn1nc(N)cc1-c1ccc2cc(NC(=O)OC(C)(C)C)ncc2c1. The zero-order valence-electron chi connectivity index (χ0n) is 14.7. The molecule has 7 heteroatoms. The standard InChI is InChI=1S/C18H21N5O2/c1-18(2,3)25-17(24)21-16-8-11-5-6-12(7-13(11)10-20-16)14-9-15(19)22-23(14)4/h5-10H,1-4H3,(H2,19,22)(H,20,21,24). The lowest BCUT2D eigenvalue weighted by molar-refractivity contribution is 0.0635. The van der Waals surface area contributed by atoms with Crippen LogP contribution in [0.1, 0.15) is 20.8 Å². The van der Waals surface area contributed by atoms with Gasteiger partial charge in [-0.05, 0) is 38.3 Å². The predicted molar refractivity (Wildman–Crippen MR) is 98.2 cm³/mol. The Balaban J connectivity index is 1.86. The van der Waals surface area contributed by atoms with Crippen molar-refractivity contribution in [2.45, 2.75) is 26.4 Å². The van der Waals surface area contributed by atoms with E-state index in [1.807, 2.05) is 52.1 Å². The maximum atomic E-state index is 11.8. The number of ether oxygens (including phenoxy) is 1. The molecular weight excluding hydrogens is 318 g/mol. The van der Waals surface area contributed by atoms with E-state index in [1.165, 1.54) is 0 Å². The number of pyridine rings is 1. The molecule has 3 rings (SSSR count). The Labute approximate surface area is 145 Å². The highest BCUT2D eigenvalue weighted by atomic mass is 16.6. The molecule has 0 fully saturated rings. The molecule has 0 spiro atoms. The van der Waals surface area contributed by atoms with Gasteiger partial charge >= 0.3 is 6.09 Å². The van der Waals surface area contributed by atoms with Gasteiger partial charge < -0.3 is 10.5 Å². The van der Waals surface area contributed by atoms with Gasteiger partial charge in [0.2, 0.25) is 0 Å². The molecule has 0 radical (unpaired) electrons. The zero-order valence-corrected chi connectivity index (χ0v) is 14.7. The minimum absolute atomic E-state index is 0.444. The first-order valence-electron chi connectivity index (χ1n) is 7.91. The number of rotatable bonds is 2. The highest BCUT2D eigenvalue weighted by molar-refractivity contribution is 5.91. The van der Waals surface area contributed by atoms with Crippen molar-refractivity contribution in [3.63, 3.8) is 0 Å². The van der Waals surface area contributed by atoms with Crippen molar-refractivity contribution in [2.75, 3.05) is 11.1 Å². The third-order valence-corrected chi connectivity index (χ3v) is 3.55. The normalized spacial score (nSPS) is 11.5. The van der Waals surface area contributed by atoms with E-state index in [0.717, 1.165) is 22.0 Å². The minimum Gasteiger partial charge on any atom is -0.444 e. The lowest BCUT2D eigenvalue weighted by Crippen LogP contribution is -2.27. The summed E-state index contributed by atoms with van der Waals surface area (Å²) < 4.78 is 6.97. The number of aryl methyl sites for hydroxylation is 1. The van der Waals surface area contributed by atoms with Gasteiger partial charge in [-0.3, -0.25) is 10.00 Å². The van der Waals surface area contributed by atoms with E-state index in [1.54, 1.807) is 16.9 Å². The summed E-state index contributed by atoms with van der Waals surface area (Å²) in [6.45, 7) is 5.44. The number of carbonyl (C=O) groups excluding carboxylic acids is 1. The van der Waals surface area contributed by atoms with Gasteiger partial charge in [0.25, 0.3) is 0 Å². The van der Waals surface area contributed by atoms with Gasteiger partial charge in [0.05, 0.1) is 5.69 Å². The summed E-state index contributed by atoms with van der Waals surface area (Å²) in [4.78, 5) is 16.1. The van der Waals surface area contributed by atoms with Crippen LogP contribution in [0.5, 0.6) is 0 Å². The topological polar surface area (TPSA) is 95.1 Å². The smallest absolute Gasteiger partial charge is 0.413 e. The first-order valence-corrected chi connectivity index (χ1v) is 7.91. The van der Waals surface area contributed by atoms with E-state index in [9.17, 15) is 4.79 Å². The van der Waals surface area contributed by atoms with Gasteiger partial charge in [0.15, 0.2) is 0 Å². The monoisotopic (exact) mass is 339 g/mol. The summed E-state index contributed by atoms with van der Waals surface area (Å²) in [5.41, 5.74) is 7.11. The van der Waals surface area contributed by atoms with E-state index < -0.39 is 11.7 Å². The molecule has 0 aliphatic carbocycles. The van der Waals surface area contributed by atoms with E-state index in [0.29, 0.717) is 11.6 Å². The number of nitrogens with zero attached hydrogens (tertiary/aromatic N) is 3. The number of aromatic nitrogens is 3. The molecule has 1 aromatic carbocycles. The quantitative estimate of drug-likeness (QED) is 0.744. The van der Waals surface area contributed by atoms with Crippen molar-refractivity contribution in [3.8, 4) is 11.3 Å². The molecule has 130 valence electrons. The van der Waals surface area contributed by atoms with Gasteiger partial charge in [-0.2, -0.15) is 5.10 Å². The van der Waals surface area contributed by atoms with Gasteiger partial charge in [0, 0.05) is 30.3 Å². The van der Waals surface area contributed by atoms with Crippen molar-refractivity contribution in [1.82, 2.24) is 14.8 Å². The number of anilines is 2. The molecule has 3 N–H and O–H groups in total. The maximum absolute atomic E-state index is 11.8. The van der Waals surface area contributed by atoms with Crippen LogP contribution in [0.15, 0.2) is 36.5 Å². The number of fused-ring (bicyclic) bond motifs is 1. The third kappa shape index (κ3) is 3.88. The average molecular weight is 339 g/mol. The van der Waals surface area contributed by atoms with Crippen LogP contribution in [0.25, 0.3) is 22.0 Å². The fraction of sp³-hybridized carbons (Fsp3) is 0.278. The van der Waals surface area contributed by atoms with Crippen molar-refractivity contribution >= 4 is 28.5 Å². The van der Waals surface area contributed by atoms with Crippen LogP contribution in [0.3, 0.4) is 0 Å². The molecule has 0 unspecified atom stereocenters. The number of nitrogens with one attached hydrogen (secondary N) is 1. The Hall–Kier alpha value is -3.09. The van der Waals surface area contributed by atoms with E-state index >= 15 is 0 Å². The number of hydrogen-bond acceptors (Lipinski definition) is 5. The Morgan fingerprint density at radius 1 is 1.20 bits per heavy atom. The number of benzene rings is 1. The van der Waals surface area contributed by atoms with Crippen LogP contribution >= 0.6 is 0 Å². The van der Waals surface area contributed by atoms with Gasteiger partial charge in [-0.25, -0.2) is 9.78 Å². The molecule has 7 nitrogen and oxygen atoms in total. The van der Waals surface area contributed by atoms with Crippen LogP contribution in [0.4, 0.5) is 16.4 Å². The Kier molecular flexibility index (Phi) is 4.08. The molecule has 25 heavy (non-hydrogen) atoms. The minimum atomic E-state index is -0.555. The molecule has 0 saturated carbocycles. The largest absolute Gasteiger partial charge is 0.444 e. The molecule has 0 atom stereocenters. The highest BCUT2D eigenvalue weighted by Crippen LogP contribution is 2.26. The highest BCUT2D eigenvalue weighted by Gasteiger charge is 2.16. The summed E-state index contributed by atoms with van der Waals surface area (Å²) in [7, 11) is 1.85. The lowest BCUT2D eigenvalue weighted by Gasteiger charge is -2.19. The molecule has 0 saturated heterocycles. The fourth-order valence-electron chi connectivity index (χ4n) is 2.54. The van der Waals surface area contributed by atoms with E-state index in [-0.39, 0.29) is 0 Å². The summed E-state index contributed by atoms with van der Waals surface area (Å²) in [6.07, 6.45) is 1.19. The maximum Gasteiger partial charge on any atom is 0.413 e. The Bertz CT molecular complexity index is 940. The van der Waals surface area contributed by atoms with Crippen LogP contribution in [-0.4, -0.2) is 26.5 Å². The van der Waals surface area contributed by atoms with Crippen LogP contribution < -0.4 is 11.1 Å². The molecular formula is C18H21N5O2. The molecule has 0 bridgehead atoms. The van der Waals surface area contributed by atoms with E-state index in [2.05, 4.69) is 15.4 Å². The predicted octanol–water partition coefficient (Wildman–Crippen LogP) is 3.56. The second-order valence-corrected chi connectivity index (χ2v) is 6.84. The number of nitrogens with two attached hydrogens (primary N) is 1. The Morgan fingerprint density at radius 2 is 1.96 bits per heavy atom. The zero-order chi connectivity index (χ0) is 18.2. The second kappa shape index (κ2) is 6.08. The summed E-state index contributed by atoms with van der Waals surface area (Å²) in [5.74, 6) is 0.923. The molecule has 2 heterocycles. The number of nitrogen functional groups attached to an aromatic ring is 1. The first-order chi connectivity index (χ1) is 11.7. The summed E-state index contributed by atoms with van der Waals surface area (Å²) in [5, 5.41) is 8.72. The van der Waals surface area contributed by atoms with E-state index in [4.69, 9.17) is 10.5 Å². The summed E-state index contributed by atoms with van der Waals surface area (Å²) >= 11 is 0.